The molecule has 0 amide bonds. The summed E-state index contributed by atoms with van der Waals surface area (Å²) in [6, 6.07) is 15.9. The largest absolute Gasteiger partial charge is 0.483 e. The second-order valence-corrected chi connectivity index (χ2v) is 12.2. The number of rotatable bonds is 9. The minimum atomic E-state index is -3.13. The number of aromatic nitrogens is 6. The summed E-state index contributed by atoms with van der Waals surface area (Å²) in [6.07, 6.45) is 1.51. The van der Waals surface area contributed by atoms with E-state index in [9.17, 15) is 5.26 Å². The van der Waals surface area contributed by atoms with E-state index in [0.29, 0.717) is 41.8 Å². The SMILES string of the molecule is C[C@H]1CN(C2COC2)CCN1c1ccc(Nc2ncnc(-c3ccc(O[C@H]4CCN(Cc5nnc[nH]5)CC4(F)F)c(C#N)c3)n2)cc1. The summed E-state index contributed by atoms with van der Waals surface area (Å²) in [4.78, 5) is 22.4. The maximum absolute atomic E-state index is 15.1. The van der Waals surface area contributed by atoms with Crippen LogP contribution < -0.4 is 15.0 Å². The number of H-pyrrole nitrogens is 1. The zero-order valence-electron chi connectivity index (χ0n) is 25.9. The van der Waals surface area contributed by atoms with Crippen LogP contribution in [-0.4, -0.2) is 110 Å². The van der Waals surface area contributed by atoms with Crippen LogP contribution in [0.25, 0.3) is 11.4 Å². The van der Waals surface area contributed by atoms with Crippen LogP contribution in [-0.2, 0) is 11.3 Å². The predicted octanol–water partition coefficient (Wildman–Crippen LogP) is 3.47. The van der Waals surface area contributed by atoms with Crippen molar-refractivity contribution in [2.45, 2.75) is 44.0 Å². The highest BCUT2D eigenvalue weighted by molar-refractivity contribution is 5.64. The third-order valence-electron chi connectivity index (χ3n) is 8.90. The van der Waals surface area contributed by atoms with Crippen LogP contribution >= 0.6 is 0 Å². The van der Waals surface area contributed by atoms with Gasteiger partial charge in [-0.2, -0.15) is 10.2 Å². The van der Waals surface area contributed by atoms with Gasteiger partial charge in [0, 0.05) is 55.6 Å². The van der Waals surface area contributed by atoms with E-state index in [-0.39, 0.29) is 24.3 Å². The van der Waals surface area contributed by atoms with E-state index >= 15 is 8.78 Å². The highest BCUT2D eigenvalue weighted by Gasteiger charge is 2.46. The van der Waals surface area contributed by atoms with Gasteiger partial charge in [-0.3, -0.25) is 9.80 Å². The lowest BCUT2D eigenvalue weighted by molar-refractivity contribution is -0.141. The van der Waals surface area contributed by atoms with Crippen LogP contribution in [0, 0.1) is 11.3 Å². The molecule has 0 unspecified atom stereocenters. The van der Waals surface area contributed by atoms with Gasteiger partial charge in [-0.1, -0.05) is 0 Å². The molecule has 0 spiro atoms. The van der Waals surface area contributed by atoms with Gasteiger partial charge in [-0.05, 0) is 49.4 Å². The summed E-state index contributed by atoms with van der Waals surface area (Å²) in [6.45, 7) is 7.04. The van der Waals surface area contributed by atoms with Gasteiger partial charge in [-0.15, -0.1) is 10.2 Å². The molecule has 4 aromatic rings. The van der Waals surface area contributed by atoms with Gasteiger partial charge in [0.2, 0.25) is 5.95 Å². The Bertz CT molecular complexity index is 1710. The molecule has 13 nitrogen and oxygen atoms in total. The summed E-state index contributed by atoms with van der Waals surface area (Å²) in [5.41, 5.74) is 2.62. The van der Waals surface area contributed by atoms with E-state index in [0.717, 1.165) is 44.2 Å². The first-order valence-electron chi connectivity index (χ1n) is 15.7. The van der Waals surface area contributed by atoms with E-state index < -0.39 is 18.6 Å². The van der Waals surface area contributed by atoms with Gasteiger partial charge in [0.1, 0.15) is 30.3 Å². The molecule has 0 aliphatic carbocycles. The van der Waals surface area contributed by atoms with Gasteiger partial charge in [0.05, 0.1) is 37.9 Å². The second kappa shape index (κ2) is 13.1. The number of nitriles is 1. The molecule has 5 heterocycles. The average molecular weight is 644 g/mol. The number of ether oxygens (including phenoxy) is 2. The summed E-state index contributed by atoms with van der Waals surface area (Å²) < 4.78 is 41.3. The quantitative estimate of drug-likeness (QED) is 0.276. The first-order chi connectivity index (χ1) is 22.8. The van der Waals surface area contributed by atoms with Crippen molar-refractivity contribution < 1.29 is 18.3 Å². The fraction of sp³-hybridized carbons (Fsp3) is 0.438. The third-order valence-corrected chi connectivity index (χ3v) is 8.90. The molecule has 244 valence electrons. The van der Waals surface area contributed by atoms with Crippen LogP contribution in [0.1, 0.15) is 24.7 Å². The molecule has 3 aliphatic rings. The molecule has 3 aliphatic heterocycles. The molecule has 2 aromatic carbocycles. The molecule has 47 heavy (non-hydrogen) atoms. The Morgan fingerprint density at radius 2 is 1.98 bits per heavy atom. The Labute approximate surface area is 270 Å². The minimum absolute atomic E-state index is 0.0865. The Hall–Kier alpha value is -4.78. The molecule has 0 radical (unpaired) electrons. The number of benzene rings is 2. The average Bonchev–Trinajstić information content (AvgIpc) is 3.55. The molecule has 0 saturated carbocycles. The Kier molecular flexibility index (Phi) is 8.63. The van der Waals surface area contributed by atoms with Crippen molar-refractivity contribution in [1.29, 1.82) is 5.26 Å². The lowest BCUT2D eigenvalue weighted by atomic mass is 10.0. The van der Waals surface area contributed by atoms with E-state index in [1.54, 1.807) is 17.0 Å². The maximum Gasteiger partial charge on any atom is 0.296 e. The first kappa shape index (κ1) is 30.9. The van der Waals surface area contributed by atoms with E-state index in [1.165, 1.54) is 18.7 Å². The van der Waals surface area contributed by atoms with Crippen LogP contribution in [0.4, 0.5) is 26.1 Å². The first-order valence-corrected chi connectivity index (χ1v) is 15.7. The molecule has 7 rings (SSSR count). The van der Waals surface area contributed by atoms with Crippen molar-refractivity contribution in [3.05, 3.63) is 66.5 Å². The predicted molar refractivity (Wildman–Crippen MR) is 168 cm³/mol. The molecular formula is C32H35F2N11O2. The molecule has 2 N–H and O–H groups in total. The topological polar surface area (TPSA) is 144 Å². The fourth-order valence-corrected chi connectivity index (χ4v) is 6.30. The Balaban J connectivity index is 0.984. The minimum Gasteiger partial charge on any atom is -0.483 e. The summed E-state index contributed by atoms with van der Waals surface area (Å²) >= 11 is 0. The molecule has 3 fully saturated rings. The van der Waals surface area contributed by atoms with Crippen LogP contribution in [0.3, 0.4) is 0 Å². The molecule has 2 aromatic heterocycles. The second-order valence-electron chi connectivity index (χ2n) is 12.2. The van der Waals surface area contributed by atoms with Crippen molar-refractivity contribution in [3.63, 3.8) is 0 Å². The number of nitrogens with one attached hydrogen (secondary N) is 2. The monoisotopic (exact) mass is 643 g/mol. The number of nitrogens with zero attached hydrogens (tertiary/aromatic N) is 9. The third kappa shape index (κ3) is 6.85. The van der Waals surface area contributed by atoms with Crippen LogP contribution in [0.2, 0.25) is 0 Å². The van der Waals surface area contributed by atoms with Gasteiger partial charge < -0.3 is 24.7 Å². The lowest BCUT2D eigenvalue weighted by Crippen LogP contribution is -2.59. The molecular weight excluding hydrogens is 608 g/mol. The molecule has 15 heteroatoms. The van der Waals surface area contributed by atoms with Crippen molar-refractivity contribution in [3.8, 4) is 23.2 Å². The van der Waals surface area contributed by atoms with Gasteiger partial charge >= 0.3 is 0 Å². The van der Waals surface area contributed by atoms with Crippen molar-refractivity contribution in [1.82, 2.24) is 39.9 Å². The van der Waals surface area contributed by atoms with Gasteiger partial charge in [-0.25, -0.2) is 18.7 Å². The number of aromatic amines is 1. The molecule has 0 bridgehead atoms. The number of halogens is 2. The zero-order chi connectivity index (χ0) is 32.4. The van der Waals surface area contributed by atoms with Crippen molar-refractivity contribution in [2.75, 3.05) is 56.2 Å². The van der Waals surface area contributed by atoms with Gasteiger partial charge in [0.25, 0.3) is 5.92 Å². The summed E-state index contributed by atoms with van der Waals surface area (Å²) in [7, 11) is 0. The molecule has 2 atom stereocenters. The normalized spacial score (nSPS) is 22.0. The number of hydrogen-bond donors (Lipinski definition) is 2. The smallest absolute Gasteiger partial charge is 0.296 e. The fourth-order valence-electron chi connectivity index (χ4n) is 6.30. The number of piperidine rings is 1. The molecule has 3 saturated heterocycles. The number of anilines is 3. The van der Waals surface area contributed by atoms with Crippen LogP contribution in [0.5, 0.6) is 5.75 Å². The summed E-state index contributed by atoms with van der Waals surface area (Å²) in [5, 5.41) is 20.6. The highest BCUT2D eigenvalue weighted by atomic mass is 19.3. The van der Waals surface area contributed by atoms with E-state index in [2.05, 4.69) is 70.4 Å². The van der Waals surface area contributed by atoms with Crippen molar-refractivity contribution in [2.24, 2.45) is 0 Å². The number of piperazine rings is 1. The number of hydrogen-bond acceptors (Lipinski definition) is 12. The Morgan fingerprint density at radius 1 is 1.13 bits per heavy atom. The van der Waals surface area contributed by atoms with Crippen molar-refractivity contribution >= 4 is 17.3 Å². The van der Waals surface area contributed by atoms with Crippen LogP contribution in [0.15, 0.2) is 55.1 Å². The van der Waals surface area contributed by atoms with Gasteiger partial charge in [0.15, 0.2) is 11.9 Å². The van der Waals surface area contributed by atoms with E-state index in [1.807, 2.05) is 12.1 Å². The summed E-state index contributed by atoms with van der Waals surface area (Å²) in [5.74, 6) is -1.86. The van der Waals surface area contributed by atoms with E-state index in [4.69, 9.17) is 9.47 Å². The maximum atomic E-state index is 15.1. The standard InChI is InChI=1S/C32H35F2N11O2/c1-21-14-44(26-16-46-17-26)10-11-45(21)25-5-3-24(4-6-25)40-31-38-19-37-30(41-31)22-2-7-27(23(12-22)13-35)47-28-8-9-43(18-32(28,33)34)15-29-36-20-39-42-29/h2-7,12,19-21,26,28H,8-11,14-18H2,1H3,(H,36,39,42)(H,37,38,40,41)/t21-,28-/m0/s1. The number of likely N-dealkylation sites (tertiary alicyclic amines) is 1. The number of alkyl halides is 2. The Morgan fingerprint density at radius 3 is 2.68 bits per heavy atom. The lowest BCUT2D eigenvalue weighted by Gasteiger charge is -2.46. The highest BCUT2D eigenvalue weighted by Crippen LogP contribution is 2.34. The zero-order valence-corrected chi connectivity index (χ0v) is 25.9.